The van der Waals surface area contributed by atoms with E-state index in [1.165, 1.54) is 0 Å². The molecule has 0 radical (unpaired) electrons. The number of hydrogen-bond donors (Lipinski definition) is 1. The monoisotopic (exact) mass is 237 g/mol. The van der Waals surface area contributed by atoms with Crippen molar-refractivity contribution in [2.24, 2.45) is 0 Å². The van der Waals surface area contributed by atoms with Gasteiger partial charge in [-0.1, -0.05) is 0 Å². The molecule has 1 aromatic carbocycles. The lowest BCUT2D eigenvalue weighted by molar-refractivity contribution is 0.361. The summed E-state index contributed by atoms with van der Waals surface area (Å²) in [7, 11) is 0. The van der Waals surface area contributed by atoms with E-state index in [4.69, 9.17) is 0 Å². The molecule has 1 N–H and O–H groups in total. The smallest absolute Gasteiger partial charge is 0.200 e. The summed E-state index contributed by atoms with van der Waals surface area (Å²) in [6.45, 7) is 0.504. The highest BCUT2D eigenvalue weighted by Gasteiger charge is 2.31. The van der Waals surface area contributed by atoms with Crippen LogP contribution in [0.5, 0.6) is 0 Å². The van der Waals surface area contributed by atoms with Crippen LogP contribution in [0.4, 0.5) is 22.0 Å². The predicted octanol–water partition coefficient (Wildman–Crippen LogP) is 2.81. The topological polar surface area (TPSA) is 12.0 Å². The van der Waals surface area contributed by atoms with Crippen molar-refractivity contribution in [3.05, 3.63) is 34.6 Å². The van der Waals surface area contributed by atoms with Crippen LogP contribution in [0.15, 0.2) is 0 Å². The molecule has 2 rings (SSSR count). The number of benzene rings is 1. The quantitative estimate of drug-likeness (QED) is 0.450. The van der Waals surface area contributed by atoms with Crippen LogP contribution in [-0.2, 0) is 0 Å². The zero-order valence-corrected chi connectivity index (χ0v) is 8.09. The highest BCUT2D eigenvalue weighted by Crippen LogP contribution is 2.31. The molecule has 1 unspecified atom stereocenters. The highest BCUT2D eigenvalue weighted by atomic mass is 19.2. The van der Waals surface area contributed by atoms with Gasteiger partial charge in [-0.25, -0.2) is 22.0 Å². The van der Waals surface area contributed by atoms with Gasteiger partial charge in [-0.05, 0) is 19.4 Å². The Bertz CT molecular complexity index is 397. The molecular weight excluding hydrogens is 229 g/mol. The maximum atomic E-state index is 13.3. The molecule has 1 aromatic rings. The van der Waals surface area contributed by atoms with Gasteiger partial charge in [0.1, 0.15) is 0 Å². The molecule has 0 spiro atoms. The summed E-state index contributed by atoms with van der Waals surface area (Å²) in [4.78, 5) is 0. The van der Waals surface area contributed by atoms with E-state index in [-0.39, 0.29) is 0 Å². The number of rotatable bonds is 1. The molecule has 1 fully saturated rings. The molecule has 1 nitrogen and oxygen atoms in total. The van der Waals surface area contributed by atoms with E-state index in [1.54, 1.807) is 0 Å². The third kappa shape index (κ3) is 1.57. The minimum atomic E-state index is -2.11. The second kappa shape index (κ2) is 4.01. The van der Waals surface area contributed by atoms with E-state index in [2.05, 4.69) is 5.32 Å². The summed E-state index contributed by atoms with van der Waals surface area (Å²) in [5, 5.41) is 2.69. The van der Waals surface area contributed by atoms with Crippen molar-refractivity contribution in [2.45, 2.75) is 18.9 Å². The van der Waals surface area contributed by atoms with Crippen molar-refractivity contribution in [2.75, 3.05) is 6.54 Å². The fourth-order valence-electron chi connectivity index (χ4n) is 1.86. The van der Waals surface area contributed by atoms with Crippen molar-refractivity contribution in [1.82, 2.24) is 5.32 Å². The van der Waals surface area contributed by atoms with Gasteiger partial charge in [-0.15, -0.1) is 0 Å². The summed E-state index contributed by atoms with van der Waals surface area (Å²) >= 11 is 0. The van der Waals surface area contributed by atoms with Crippen LogP contribution < -0.4 is 5.32 Å². The first-order chi connectivity index (χ1) is 7.54. The average molecular weight is 237 g/mol. The standard InChI is InChI=1S/C10H8F5N/c11-6-5(4-2-1-3-16-4)7(12)9(14)10(15)8(6)13/h4,16H,1-3H2. The second-order valence-electron chi connectivity index (χ2n) is 3.63. The number of nitrogens with one attached hydrogen (secondary N) is 1. The maximum absolute atomic E-state index is 13.3. The molecular formula is C10H8F5N. The number of halogens is 5. The van der Waals surface area contributed by atoms with Gasteiger partial charge in [0.15, 0.2) is 23.3 Å². The molecule has 1 heterocycles. The minimum Gasteiger partial charge on any atom is -0.310 e. The van der Waals surface area contributed by atoms with Gasteiger partial charge in [0.2, 0.25) is 5.82 Å². The average Bonchev–Trinajstić information content (AvgIpc) is 2.77. The first-order valence-corrected chi connectivity index (χ1v) is 4.78. The Morgan fingerprint density at radius 1 is 0.812 bits per heavy atom. The Morgan fingerprint density at radius 3 is 1.75 bits per heavy atom. The van der Waals surface area contributed by atoms with Crippen LogP contribution in [0.2, 0.25) is 0 Å². The second-order valence-corrected chi connectivity index (χ2v) is 3.63. The molecule has 0 aromatic heterocycles. The summed E-state index contributed by atoms with van der Waals surface area (Å²) in [5.74, 6) is -9.37. The summed E-state index contributed by atoms with van der Waals surface area (Å²) in [6, 6.07) is -0.801. The predicted molar refractivity (Wildman–Crippen MR) is 46.2 cm³/mol. The van der Waals surface area contributed by atoms with Crippen molar-refractivity contribution >= 4 is 0 Å². The van der Waals surface area contributed by atoms with E-state index < -0.39 is 40.7 Å². The lowest BCUT2D eigenvalue weighted by Crippen LogP contribution is -2.19. The van der Waals surface area contributed by atoms with E-state index >= 15 is 0 Å². The lowest BCUT2D eigenvalue weighted by atomic mass is 10.0. The SMILES string of the molecule is Fc1c(F)c(F)c(C2CCCN2)c(F)c1F. The van der Waals surface area contributed by atoms with Gasteiger partial charge >= 0.3 is 0 Å². The largest absolute Gasteiger partial charge is 0.310 e. The van der Waals surface area contributed by atoms with E-state index in [0.717, 1.165) is 0 Å². The van der Waals surface area contributed by atoms with Crippen LogP contribution in [0, 0.1) is 29.1 Å². The third-order valence-corrected chi connectivity index (χ3v) is 2.65. The molecule has 88 valence electrons. The first-order valence-electron chi connectivity index (χ1n) is 4.78. The molecule has 1 saturated heterocycles. The third-order valence-electron chi connectivity index (χ3n) is 2.65. The van der Waals surface area contributed by atoms with Gasteiger partial charge in [-0.2, -0.15) is 0 Å². The van der Waals surface area contributed by atoms with Crippen LogP contribution in [-0.4, -0.2) is 6.54 Å². The first kappa shape index (κ1) is 11.3. The van der Waals surface area contributed by atoms with Crippen molar-refractivity contribution in [1.29, 1.82) is 0 Å². The Labute approximate surface area is 88.3 Å². The number of hydrogen-bond acceptors (Lipinski definition) is 1. The molecule has 1 atom stereocenters. The fraction of sp³-hybridized carbons (Fsp3) is 0.400. The van der Waals surface area contributed by atoms with Crippen LogP contribution >= 0.6 is 0 Å². The molecule has 6 heteroatoms. The molecule has 0 saturated carbocycles. The highest BCUT2D eigenvalue weighted by molar-refractivity contribution is 5.27. The van der Waals surface area contributed by atoms with Crippen molar-refractivity contribution < 1.29 is 22.0 Å². The zero-order valence-electron chi connectivity index (χ0n) is 8.09. The Balaban J connectivity index is 2.59. The van der Waals surface area contributed by atoms with Gasteiger partial charge in [0, 0.05) is 11.6 Å². The summed E-state index contributed by atoms with van der Waals surface area (Å²) in [6.07, 6.45) is 1.00. The normalized spacial score (nSPS) is 20.4. The van der Waals surface area contributed by atoms with Crippen LogP contribution in [0.25, 0.3) is 0 Å². The maximum Gasteiger partial charge on any atom is 0.200 e. The van der Waals surface area contributed by atoms with Gasteiger partial charge in [0.05, 0.1) is 0 Å². The lowest BCUT2D eigenvalue weighted by Gasteiger charge is -2.14. The Morgan fingerprint density at radius 2 is 1.31 bits per heavy atom. The summed E-state index contributed by atoms with van der Waals surface area (Å²) < 4.78 is 65.1. The molecule has 16 heavy (non-hydrogen) atoms. The zero-order chi connectivity index (χ0) is 11.9. The van der Waals surface area contributed by atoms with E-state index in [1.807, 2.05) is 0 Å². The minimum absolute atomic E-state index is 0.359. The molecule has 0 bridgehead atoms. The van der Waals surface area contributed by atoms with E-state index in [9.17, 15) is 22.0 Å². The molecule has 0 amide bonds. The van der Waals surface area contributed by atoms with E-state index in [0.29, 0.717) is 19.4 Å². The summed E-state index contributed by atoms with van der Waals surface area (Å²) in [5.41, 5.74) is -0.756. The van der Waals surface area contributed by atoms with Crippen molar-refractivity contribution in [3.63, 3.8) is 0 Å². The van der Waals surface area contributed by atoms with Gasteiger partial charge in [0.25, 0.3) is 0 Å². The molecule has 1 aliphatic rings. The van der Waals surface area contributed by atoms with Gasteiger partial charge < -0.3 is 5.32 Å². The van der Waals surface area contributed by atoms with Crippen LogP contribution in [0.3, 0.4) is 0 Å². The van der Waals surface area contributed by atoms with Crippen molar-refractivity contribution in [3.8, 4) is 0 Å². The Hall–Kier alpha value is -1.17. The van der Waals surface area contributed by atoms with Crippen LogP contribution in [0.1, 0.15) is 24.4 Å². The fourth-order valence-corrected chi connectivity index (χ4v) is 1.86. The molecule has 1 aliphatic heterocycles. The van der Waals surface area contributed by atoms with Gasteiger partial charge in [-0.3, -0.25) is 0 Å². The Kier molecular flexibility index (Phi) is 2.84. The molecule has 0 aliphatic carbocycles.